The third kappa shape index (κ3) is 3.13. The number of ether oxygens (including phenoxy) is 2. The lowest BCUT2D eigenvalue weighted by molar-refractivity contribution is 0.0952. The van der Waals surface area contributed by atoms with Gasteiger partial charge in [-0.3, -0.25) is 4.79 Å². The maximum absolute atomic E-state index is 11.8. The third-order valence-electron chi connectivity index (χ3n) is 2.80. The van der Waals surface area contributed by atoms with Crippen molar-refractivity contribution >= 4 is 5.91 Å². The number of carbonyl (C=O) groups excluding carboxylic acids is 1. The van der Waals surface area contributed by atoms with Crippen LogP contribution in [0.5, 0.6) is 11.5 Å². The zero-order valence-electron chi connectivity index (χ0n) is 10.3. The Balaban J connectivity index is 1.82. The number of hydrogen-bond acceptors (Lipinski definition) is 4. The Morgan fingerprint density at radius 3 is 2.89 bits per heavy atom. The molecule has 0 unspecified atom stereocenters. The summed E-state index contributed by atoms with van der Waals surface area (Å²) in [5.41, 5.74) is 6.00. The van der Waals surface area contributed by atoms with Gasteiger partial charge in [0.1, 0.15) is 0 Å². The van der Waals surface area contributed by atoms with Gasteiger partial charge in [-0.25, -0.2) is 0 Å². The van der Waals surface area contributed by atoms with Crippen molar-refractivity contribution in [3.05, 3.63) is 23.8 Å². The summed E-state index contributed by atoms with van der Waals surface area (Å²) in [5.74, 6) is 1.24. The second kappa shape index (κ2) is 6.26. The van der Waals surface area contributed by atoms with E-state index in [0.29, 0.717) is 30.2 Å². The fraction of sp³-hybridized carbons (Fsp3) is 0.462. The summed E-state index contributed by atoms with van der Waals surface area (Å²) in [6, 6.07) is 5.20. The number of amides is 1. The number of nitrogens with one attached hydrogen (secondary N) is 1. The average Bonchev–Trinajstić information content (AvgIpc) is 2.85. The fourth-order valence-corrected chi connectivity index (χ4v) is 1.79. The first-order valence-electron chi connectivity index (χ1n) is 6.19. The van der Waals surface area contributed by atoms with Gasteiger partial charge in [-0.1, -0.05) is 6.42 Å². The number of hydrogen-bond donors (Lipinski definition) is 2. The Bertz CT molecular complexity index is 421. The summed E-state index contributed by atoms with van der Waals surface area (Å²) in [6.07, 6.45) is 2.99. The molecule has 0 aromatic heterocycles. The van der Waals surface area contributed by atoms with Gasteiger partial charge in [0.25, 0.3) is 5.91 Å². The monoisotopic (exact) mass is 250 g/mol. The number of unbranched alkanes of at least 4 members (excludes halogenated alkanes) is 2. The van der Waals surface area contributed by atoms with E-state index in [-0.39, 0.29) is 12.7 Å². The molecule has 1 aromatic carbocycles. The Hall–Kier alpha value is -1.75. The Morgan fingerprint density at radius 2 is 2.06 bits per heavy atom. The molecule has 3 N–H and O–H groups in total. The Morgan fingerprint density at radius 1 is 1.22 bits per heavy atom. The van der Waals surface area contributed by atoms with Gasteiger partial charge in [0.05, 0.1) is 0 Å². The zero-order valence-corrected chi connectivity index (χ0v) is 10.3. The number of benzene rings is 1. The first-order chi connectivity index (χ1) is 8.81. The van der Waals surface area contributed by atoms with E-state index in [0.717, 1.165) is 19.3 Å². The van der Waals surface area contributed by atoms with Crippen molar-refractivity contribution in [1.82, 2.24) is 5.32 Å². The van der Waals surface area contributed by atoms with Crippen LogP contribution in [0, 0.1) is 0 Å². The van der Waals surface area contributed by atoms with Crippen LogP contribution < -0.4 is 20.5 Å². The van der Waals surface area contributed by atoms with Gasteiger partial charge in [-0.2, -0.15) is 0 Å². The van der Waals surface area contributed by atoms with E-state index in [1.165, 1.54) is 0 Å². The highest BCUT2D eigenvalue weighted by Gasteiger charge is 2.15. The summed E-state index contributed by atoms with van der Waals surface area (Å²) in [4.78, 5) is 11.8. The topological polar surface area (TPSA) is 73.6 Å². The molecule has 98 valence electrons. The van der Waals surface area contributed by atoms with E-state index in [1.54, 1.807) is 18.2 Å². The predicted octanol–water partition coefficient (Wildman–Crippen LogP) is 1.27. The van der Waals surface area contributed by atoms with Crippen LogP contribution in [-0.4, -0.2) is 25.8 Å². The highest BCUT2D eigenvalue weighted by Crippen LogP contribution is 2.32. The largest absolute Gasteiger partial charge is 0.454 e. The van der Waals surface area contributed by atoms with E-state index in [4.69, 9.17) is 15.2 Å². The summed E-state index contributed by atoms with van der Waals surface area (Å²) in [5, 5.41) is 2.87. The smallest absolute Gasteiger partial charge is 0.251 e. The number of rotatable bonds is 6. The van der Waals surface area contributed by atoms with Crippen molar-refractivity contribution in [2.24, 2.45) is 5.73 Å². The molecule has 0 spiro atoms. The summed E-state index contributed by atoms with van der Waals surface area (Å²) >= 11 is 0. The molecule has 0 fully saturated rings. The molecule has 1 heterocycles. The van der Waals surface area contributed by atoms with Crippen LogP contribution in [0.15, 0.2) is 18.2 Å². The maximum atomic E-state index is 11.8. The van der Waals surface area contributed by atoms with Gasteiger partial charge < -0.3 is 20.5 Å². The van der Waals surface area contributed by atoms with E-state index in [2.05, 4.69) is 5.32 Å². The molecule has 0 bridgehead atoms. The summed E-state index contributed by atoms with van der Waals surface area (Å²) in [7, 11) is 0. The third-order valence-corrected chi connectivity index (χ3v) is 2.80. The maximum Gasteiger partial charge on any atom is 0.251 e. The lowest BCUT2D eigenvalue weighted by Gasteiger charge is -2.05. The minimum Gasteiger partial charge on any atom is -0.454 e. The first kappa shape index (κ1) is 12.7. The molecule has 0 saturated carbocycles. The van der Waals surface area contributed by atoms with E-state index < -0.39 is 0 Å². The van der Waals surface area contributed by atoms with Crippen LogP contribution in [0.25, 0.3) is 0 Å². The quantitative estimate of drug-likeness (QED) is 0.746. The predicted molar refractivity (Wildman–Crippen MR) is 67.8 cm³/mol. The van der Waals surface area contributed by atoms with Crippen molar-refractivity contribution < 1.29 is 14.3 Å². The normalized spacial score (nSPS) is 12.5. The van der Waals surface area contributed by atoms with Crippen molar-refractivity contribution in [2.75, 3.05) is 19.9 Å². The van der Waals surface area contributed by atoms with Gasteiger partial charge in [-0.05, 0) is 37.6 Å². The molecule has 0 saturated heterocycles. The molecule has 1 aliphatic heterocycles. The standard InChI is InChI=1S/C13H18N2O3/c14-6-2-1-3-7-15-13(16)10-4-5-11-12(8-10)18-9-17-11/h4-5,8H,1-3,6-7,9,14H2,(H,15,16). The molecular weight excluding hydrogens is 232 g/mol. The molecule has 0 radical (unpaired) electrons. The minimum absolute atomic E-state index is 0.0824. The van der Waals surface area contributed by atoms with E-state index in [1.807, 2.05) is 0 Å². The molecule has 1 aliphatic rings. The number of carbonyl (C=O) groups is 1. The summed E-state index contributed by atoms with van der Waals surface area (Å²) in [6.45, 7) is 1.60. The van der Waals surface area contributed by atoms with Crippen molar-refractivity contribution in [3.8, 4) is 11.5 Å². The van der Waals surface area contributed by atoms with Crippen LogP contribution in [0.4, 0.5) is 0 Å². The van der Waals surface area contributed by atoms with Crippen LogP contribution in [0.1, 0.15) is 29.6 Å². The second-order valence-corrected chi connectivity index (χ2v) is 4.17. The SMILES string of the molecule is NCCCCCNC(=O)c1ccc2c(c1)OCO2. The Labute approximate surface area is 106 Å². The molecule has 2 rings (SSSR count). The molecule has 5 heteroatoms. The van der Waals surface area contributed by atoms with Crippen LogP contribution in [-0.2, 0) is 0 Å². The van der Waals surface area contributed by atoms with Crippen LogP contribution in [0.2, 0.25) is 0 Å². The summed E-state index contributed by atoms with van der Waals surface area (Å²) < 4.78 is 10.4. The van der Waals surface area contributed by atoms with Gasteiger partial charge in [0.2, 0.25) is 6.79 Å². The van der Waals surface area contributed by atoms with Gasteiger partial charge in [0.15, 0.2) is 11.5 Å². The van der Waals surface area contributed by atoms with Gasteiger partial charge >= 0.3 is 0 Å². The van der Waals surface area contributed by atoms with E-state index >= 15 is 0 Å². The minimum atomic E-state index is -0.0824. The van der Waals surface area contributed by atoms with E-state index in [9.17, 15) is 4.79 Å². The van der Waals surface area contributed by atoms with Crippen LogP contribution >= 0.6 is 0 Å². The lowest BCUT2D eigenvalue weighted by Crippen LogP contribution is -2.24. The van der Waals surface area contributed by atoms with Gasteiger partial charge in [-0.15, -0.1) is 0 Å². The zero-order chi connectivity index (χ0) is 12.8. The molecule has 1 aromatic rings. The lowest BCUT2D eigenvalue weighted by atomic mass is 10.2. The molecule has 0 aliphatic carbocycles. The molecule has 18 heavy (non-hydrogen) atoms. The fourth-order valence-electron chi connectivity index (χ4n) is 1.79. The number of fused-ring (bicyclic) bond motifs is 1. The van der Waals surface area contributed by atoms with Crippen LogP contribution in [0.3, 0.4) is 0 Å². The van der Waals surface area contributed by atoms with Crippen molar-refractivity contribution in [1.29, 1.82) is 0 Å². The second-order valence-electron chi connectivity index (χ2n) is 4.17. The molecular formula is C13H18N2O3. The number of nitrogens with two attached hydrogens (primary N) is 1. The molecule has 5 nitrogen and oxygen atoms in total. The highest BCUT2D eigenvalue weighted by atomic mass is 16.7. The van der Waals surface area contributed by atoms with Crippen molar-refractivity contribution in [3.63, 3.8) is 0 Å². The highest BCUT2D eigenvalue weighted by molar-refractivity contribution is 5.94. The van der Waals surface area contributed by atoms with Gasteiger partial charge in [0, 0.05) is 12.1 Å². The average molecular weight is 250 g/mol. The first-order valence-corrected chi connectivity index (χ1v) is 6.19. The molecule has 0 atom stereocenters. The Kier molecular flexibility index (Phi) is 4.41. The molecule has 1 amide bonds. The van der Waals surface area contributed by atoms with Crippen molar-refractivity contribution in [2.45, 2.75) is 19.3 Å².